The van der Waals surface area contributed by atoms with Gasteiger partial charge in [0, 0.05) is 11.8 Å². The maximum Gasteiger partial charge on any atom is 0.228 e. The van der Waals surface area contributed by atoms with Crippen LogP contribution in [0, 0.1) is 0 Å². The lowest BCUT2D eigenvalue weighted by Gasteiger charge is -2.11. The number of fused-ring (bicyclic) bond motifs is 1. The van der Waals surface area contributed by atoms with E-state index in [-0.39, 0.29) is 5.91 Å². The van der Waals surface area contributed by atoms with Crippen LogP contribution < -0.4 is 20.5 Å². The molecule has 0 bridgehead atoms. The Balaban J connectivity index is 1.87. The maximum absolute atomic E-state index is 11.3. The molecule has 2 aromatic carbocycles. The van der Waals surface area contributed by atoms with Crippen LogP contribution in [0.3, 0.4) is 0 Å². The standard InChI is InChI=1S/C15H14N2O3/c1-19-10-2-4-11(5-3-10)20-14-8-13-9(6-12(14)16)7-15(18)17-13/h2-6,8H,7,16H2,1H3,(H,17,18). The quantitative estimate of drug-likeness (QED) is 0.841. The molecule has 0 fully saturated rings. The Hall–Kier alpha value is -2.69. The number of carbonyl (C=O) groups excluding carboxylic acids is 1. The van der Waals surface area contributed by atoms with Crippen molar-refractivity contribution in [2.24, 2.45) is 0 Å². The Bertz CT molecular complexity index is 666. The minimum absolute atomic E-state index is 0.0269. The number of methoxy groups -OCH3 is 1. The van der Waals surface area contributed by atoms with E-state index in [9.17, 15) is 4.79 Å². The second-order valence-corrected chi connectivity index (χ2v) is 4.55. The molecule has 3 rings (SSSR count). The molecular formula is C15H14N2O3. The fourth-order valence-electron chi connectivity index (χ4n) is 2.13. The number of nitrogens with two attached hydrogens (primary N) is 1. The number of carbonyl (C=O) groups is 1. The number of nitrogens with one attached hydrogen (secondary N) is 1. The normalized spacial score (nSPS) is 12.8. The van der Waals surface area contributed by atoms with E-state index in [0.29, 0.717) is 23.6 Å². The van der Waals surface area contributed by atoms with Gasteiger partial charge in [-0.15, -0.1) is 0 Å². The summed E-state index contributed by atoms with van der Waals surface area (Å²) in [5.74, 6) is 1.91. The Morgan fingerprint density at radius 1 is 1.15 bits per heavy atom. The third-order valence-corrected chi connectivity index (χ3v) is 3.15. The molecule has 102 valence electrons. The topological polar surface area (TPSA) is 73.6 Å². The van der Waals surface area contributed by atoms with Gasteiger partial charge in [0.2, 0.25) is 5.91 Å². The molecule has 5 heteroatoms. The van der Waals surface area contributed by atoms with Gasteiger partial charge in [0.05, 0.1) is 19.2 Å². The average molecular weight is 270 g/mol. The molecule has 0 aromatic heterocycles. The summed E-state index contributed by atoms with van der Waals surface area (Å²) in [5.41, 5.74) is 8.12. The molecule has 0 spiro atoms. The monoisotopic (exact) mass is 270 g/mol. The Morgan fingerprint density at radius 2 is 1.85 bits per heavy atom. The zero-order valence-electron chi connectivity index (χ0n) is 11.0. The van der Waals surface area contributed by atoms with Crippen LogP contribution in [0.15, 0.2) is 36.4 Å². The smallest absolute Gasteiger partial charge is 0.228 e. The van der Waals surface area contributed by atoms with Gasteiger partial charge in [0.1, 0.15) is 11.5 Å². The molecule has 0 unspecified atom stereocenters. The molecule has 1 aliphatic rings. The van der Waals surface area contributed by atoms with Crippen molar-refractivity contribution in [2.75, 3.05) is 18.2 Å². The van der Waals surface area contributed by atoms with Crippen LogP contribution in [0.25, 0.3) is 0 Å². The number of ether oxygens (including phenoxy) is 2. The summed E-state index contributed by atoms with van der Waals surface area (Å²) in [5, 5.41) is 2.77. The maximum atomic E-state index is 11.3. The van der Waals surface area contributed by atoms with Crippen molar-refractivity contribution in [1.82, 2.24) is 0 Å². The summed E-state index contributed by atoms with van der Waals surface area (Å²) in [6, 6.07) is 10.7. The predicted octanol–water partition coefficient (Wildman–Crippen LogP) is 2.56. The Kier molecular flexibility index (Phi) is 2.95. The minimum Gasteiger partial charge on any atom is -0.497 e. The summed E-state index contributed by atoms with van der Waals surface area (Å²) in [6.45, 7) is 0. The lowest BCUT2D eigenvalue weighted by molar-refractivity contribution is -0.115. The van der Waals surface area contributed by atoms with Gasteiger partial charge in [-0.2, -0.15) is 0 Å². The van der Waals surface area contributed by atoms with E-state index in [1.165, 1.54) is 0 Å². The molecule has 20 heavy (non-hydrogen) atoms. The van der Waals surface area contributed by atoms with Crippen molar-refractivity contribution in [3.8, 4) is 17.2 Å². The Morgan fingerprint density at radius 3 is 2.55 bits per heavy atom. The van der Waals surface area contributed by atoms with Crippen molar-refractivity contribution in [2.45, 2.75) is 6.42 Å². The van der Waals surface area contributed by atoms with Gasteiger partial charge < -0.3 is 20.5 Å². The molecule has 1 amide bonds. The number of rotatable bonds is 3. The first-order chi connectivity index (χ1) is 9.65. The molecule has 3 N–H and O–H groups in total. The average Bonchev–Trinajstić information content (AvgIpc) is 2.79. The molecule has 0 atom stereocenters. The highest BCUT2D eigenvalue weighted by Gasteiger charge is 2.20. The van der Waals surface area contributed by atoms with E-state index in [0.717, 1.165) is 17.0 Å². The molecule has 1 heterocycles. The van der Waals surface area contributed by atoms with E-state index in [1.54, 1.807) is 43.5 Å². The van der Waals surface area contributed by atoms with Gasteiger partial charge >= 0.3 is 0 Å². The summed E-state index contributed by atoms with van der Waals surface area (Å²) < 4.78 is 10.8. The van der Waals surface area contributed by atoms with Gasteiger partial charge in [-0.05, 0) is 35.9 Å². The van der Waals surface area contributed by atoms with Crippen LogP contribution in [0.2, 0.25) is 0 Å². The lowest BCUT2D eigenvalue weighted by atomic mass is 10.1. The second kappa shape index (κ2) is 4.77. The number of amides is 1. The molecule has 5 nitrogen and oxygen atoms in total. The van der Waals surface area contributed by atoms with Crippen LogP contribution in [0.4, 0.5) is 11.4 Å². The van der Waals surface area contributed by atoms with Crippen molar-refractivity contribution in [3.05, 3.63) is 42.0 Å². The highest BCUT2D eigenvalue weighted by atomic mass is 16.5. The van der Waals surface area contributed by atoms with Gasteiger partial charge in [0.15, 0.2) is 5.75 Å². The molecule has 0 saturated heterocycles. The van der Waals surface area contributed by atoms with Gasteiger partial charge in [0.25, 0.3) is 0 Å². The summed E-state index contributed by atoms with van der Waals surface area (Å²) >= 11 is 0. The highest BCUT2D eigenvalue weighted by Crippen LogP contribution is 2.35. The fourth-order valence-corrected chi connectivity index (χ4v) is 2.13. The number of hydrogen-bond donors (Lipinski definition) is 2. The van der Waals surface area contributed by atoms with Crippen LogP contribution in [0.1, 0.15) is 5.56 Å². The molecule has 0 radical (unpaired) electrons. The van der Waals surface area contributed by atoms with E-state index in [1.807, 2.05) is 0 Å². The highest BCUT2D eigenvalue weighted by molar-refractivity contribution is 6.00. The second-order valence-electron chi connectivity index (χ2n) is 4.55. The lowest BCUT2D eigenvalue weighted by Crippen LogP contribution is -2.03. The fraction of sp³-hybridized carbons (Fsp3) is 0.133. The van der Waals surface area contributed by atoms with E-state index in [4.69, 9.17) is 15.2 Å². The first-order valence-electron chi connectivity index (χ1n) is 6.20. The molecular weight excluding hydrogens is 256 g/mol. The van der Waals surface area contributed by atoms with Crippen LogP contribution in [-0.4, -0.2) is 13.0 Å². The number of anilines is 2. The number of benzene rings is 2. The number of hydrogen-bond acceptors (Lipinski definition) is 4. The SMILES string of the molecule is COc1ccc(Oc2cc3c(cc2N)CC(=O)N3)cc1. The zero-order chi connectivity index (χ0) is 14.1. The molecule has 1 aliphatic heterocycles. The van der Waals surface area contributed by atoms with E-state index in [2.05, 4.69) is 5.32 Å². The van der Waals surface area contributed by atoms with Crippen molar-refractivity contribution < 1.29 is 14.3 Å². The summed E-state index contributed by atoms with van der Waals surface area (Å²) in [7, 11) is 1.61. The zero-order valence-corrected chi connectivity index (χ0v) is 11.0. The largest absolute Gasteiger partial charge is 0.497 e. The Labute approximate surface area is 116 Å². The predicted molar refractivity (Wildman–Crippen MR) is 76.3 cm³/mol. The van der Waals surface area contributed by atoms with Crippen molar-refractivity contribution in [1.29, 1.82) is 0 Å². The first kappa shape index (κ1) is 12.3. The first-order valence-corrected chi connectivity index (χ1v) is 6.20. The summed E-state index contributed by atoms with van der Waals surface area (Å²) in [6.07, 6.45) is 0.363. The van der Waals surface area contributed by atoms with E-state index < -0.39 is 0 Å². The minimum atomic E-state index is -0.0269. The third-order valence-electron chi connectivity index (χ3n) is 3.15. The van der Waals surface area contributed by atoms with Crippen LogP contribution >= 0.6 is 0 Å². The van der Waals surface area contributed by atoms with Gasteiger partial charge in [-0.3, -0.25) is 4.79 Å². The van der Waals surface area contributed by atoms with Gasteiger partial charge in [-0.1, -0.05) is 0 Å². The van der Waals surface area contributed by atoms with Crippen molar-refractivity contribution >= 4 is 17.3 Å². The molecule has 2 aromatic rings. The van der Waals surface area contributed by atoms with Crippen LogP contribution in [-0.2, 0) is 11.2 Å². The van der Waals surface area contributed by atoms with Gasteiger partial charge in [-0.25, -0.2) is 0 Å². The summed E-state index contributed by atoms with van der Waals surface area (Å²) in [4.78, 5) is 11.3. The van der Waals surface area contributed by atoms with Crippen molar-refractivity contribution in [3.63, 3.8) is 0 Å². The van der Waals surface area contributed by atoms with E-state index >= 15 is 0 Å². The third kappa shape index (κ3) is 2.25. The molecule has 0 aliphatic carbocycles. The number of nitrogen functional groups attached to an aromatic ring is 1. The molecule has 0 saturated carbocycles. The van der Waals surface area contributed by atoms with Crippen LogP contribution in [0.5, 0.6) is 17.2 Å².